The van der Waals surface area contributed by atoms with Gasteiger partial charge in [0.1, 0.15) is 0 Å². The topological polar surface area (TPSA) is 0 Å². The van der Waals surface area contributed by atoms with Gasteiger partial charge >= 0.3 is 21.7 Å². The van der Waals surface area contributed by atoms with E-state index in [9.17, 15) is 0 Å². The monoisotopic (exact) mass is 340 g/mol. The molecular formula is C22H28Ti. The van der Waals surface area contributed by atoms with Gasteiger partial charge < -0.3 is 23.3 Å². The Hall–Kier alpha value is 0.194. The third-order valence-corrected chi connectivity index (χ3v) is 3.68. The molecule has 0 aromatic rings. The molecule has 3 fully saturated rings. The van der Waals surface area contributed by atoms with Gasteiger partial charge in [0.15, 0.2) is 0 Å². The molecule has 0 saturated heterocycles. The Morgan fingerprint density at radius 3 is 1.00 bits per heavy atom. The molecule has 3 aliphatic rings. The van der Waals surface area contributed by atoms with E-state index in [4.69, 9.17) is 0 Å². The molecule has 0 N–H and O–H groups in total. The maximum atomic E-state index is 3.29. The number of rotatable bonds is 0. The van der Waals surface area contributed by atoms with Crippen LogP contribution in [0.5, 0.6) is 0 Å². The molecule has 3 aliphatic carbocycles. The molecule has 0 amide bonds. The molecular weight excluding hydrogens is 312 g/mol. The van der Waals surface area contributed by atoms with Crippen LogP contribution in [0, 0.1) is 76.4 Å². The average Bonchev–Trinajstić information content (AvgIpc) is 3.26. The van der Waals surface area contributed by atoms with Crippen molar-refractivity contribution in [1.82, 2.24) is 0 Å². The molecule has 23 heavy (non-hydrogen) atoms. The molecule has 0 aliphatic heterocycles. The summed E-state index contributed by atoms with van der Waals surface area (Å²) in [7, 11) is 0. The van der Waals surface area contributed by atoms with Crippen LogP contribution in [0.1, 0.15) is 52.4 Å². The SMILES string of the molecule is C[C-]=C1CCCCCCC1=[C-]C.[CH]1[CH][CH][CH][CH]1.[CH]1[CH][CH][CH][CH]1.[Ti+2]. The Morgan fingerprint density at radius 2 is 0.783 bits per heavy atom. The average molecular weight is 340 g/mol. The minimum Gasteiger partial charge on any atom is -0.376 e. The van der Waals surface area contributed by atoms with Gasteiger partial charge in [-0.05, 0) is 64.2 Å². The van der Waals surface area contributed by atoms with Gasteiger partial charge in [-0.1, -0.05) is 25.7 Å². The predicted molar refractivity (Wildman–Crippen MR) is 95.6 cm³/mol. The van der Waals surface area contributed by atoms with Crippen LogP contribution in [0.4, 0.5) is 0 Å². The van der Waals surface area contributed by atoms with Gasteiger partial charge in [-0.2, -0.15) is 0 Å². The maximum Gasteiger partial charge on any atom is 2.00 e. The quantitative estimate of drug-likeness (QED) is 0.381. The van der Waals surface area contributed by atoms with Crippen molar-refractivity contribution in [3.8, 4) is 0 Å². The van der Waals surface area contributed by atoms with Crippen LogP contribution in [0.25, 0.3) is 0 Å². The minimum absolute atomic E-state index is 0. The van der Waals surface area contributed by atoms with Crippen LogP contribution in [0.15, 0.2) is 11.1 Å². The van der Waals surface area contributed by atoms with Gasteiger partial charge in [0.05, 0.1) is 0 Å². The van der Waals surface area contributed by atoms with Gasteiger partial charge in [-0.3, -0.25) is 0 Å². The molecule has 120 valence electrons. The minimum atomic E-state index is 0. The third kappa shape index (κ3) is 12.2. The zero-order valence-corrected chi connectivity index (χ0v) is 16.1. The summed E-state index contributed by atoms with van der Waals surface area (Å²) in [5.74, 6) is 0. The van der Waals surface area contributed by atoms with Crippen molar-refractivity contribution in [3.63, 3.8) is 0 Å². The molecule has 0 unspecified atom stereocenters. The summed E-state index contributed by atoms with van der Waals surface area (Å²) in [6.45, 7) is 4.04. The standard InChI is InChI=1S/C12H18.2C5H5.Ti/c1-3-11-9-7-5-6-8-10-12(11)4-2;2*1-2-4-5-3-1;/h5-10H2,1-2H3;2*1-5H;/q-2;;;+2. The Balaban J connectivity index is 0.000000362. The fourth-order valence-corrected chi connectivity index (χ4v) is 2.45. The van der Waals surface area contributed by atoms with E-state index in [-0.39, 0.29) is 21.7 Å². The fraction of sp³-hybridized carbons (Fsp3) is 0.364. The number of allylic oxidation sites excluding steroid dienone is 4. The summed E-state index contributed by atoms with van der Waals surface area (Å²) in [6.07, 6.45) is 34.5. The summed E-state index contributed by atoms with van der Waals surface area (Å²) in [5.41, 5.74) is 2.83. The number of hydrogen-bond donors (Lipinski definition) is 0. The molecule has 0 spiro atoms. The molecule has 10 radical (unpaired) electrons. The van der Waals surface area contributed by atoms with Crippen molar-refractivity contribution >= 4 is 0 Å². The van der Waals surface area contributed by atoms with Crippen LogP contribution < -0.4 is 0 Å². The van der Waals surface area contributed by atoms with Crippen molar-refractivity contribution in [2.45, 2.75) is 52.4 Å². The predicted octanol–water partition coefficient (Wildman–Crippen LogP) is 5.88. The first-order chi connectivity index (χ1) is 10.9. The van der Waals surface area contributed by atoms with E-state index in [1.165, 1.54) is 49.7 Å². The first-order valence-electron chi connectivity index (χ1n) is 8.29. The molecule has 3 saturated carbocycles. The van der Waals surface area contributed by atoms with Crippen molar-refractivity contribution < 1.29 is 21.7 Å². The van der Waals surface area contributed by atoms with Crippen LogP contribution in [-0.2, 0) is 21.7 Å². The zero-order chi connectivity index (χ0) is 15.9. The van der Waals surface area contributed by atoms with E-state index in [1.807, 2.05) is 78.1 Å². The first-order valence-corrected chi connectivity index (χ1v) is 8.29. The van der Waals surface area contributed by atoms with Gasteiger partial charge in [0.25, 0.3) is 0 Å². The largest absolute Gasteiger partial charge is 2.00 e. The van der Waals surface area contributed by atoms with Gasteiger partial charge in [-0.25, -0.2) is 0 Å². The number of hydrogen-bond acceptors (Lipinski definition) is 0. The second-order valence-electron chi connectivity index (χ2n) is 5.30. The smallest absolute Gasteiger partial charge is 0.376 e. The van der Waals surface area contributed by atoms with Gasteiger partial charge in [0, 0.05) is 0 Å². The van der Waals surface area contributed by atoms with Crippen molar-refractivity contribution in [3.05, 3.63) is 87.5 Å². The molecule has 0 heterocycles. The van der Waals surface area contributed by atoms with E-state index < -0.39 is 0 Å². The molecule has 3 rings (SSSR count). The normalized spacial score (nSPS) is 24.6. The second-order valence-corrected chi connectivity index (χ2v) is 5.30. The van der Waals surface area contributed by atoms with E-state index in [0.29, 0.717) is 0 Å². The van der Waals surface area contributed by atoms with Crippen molar-refractivity contribution in [1.29, 1.82) is 0 Å². The van der Waals surface area contributed by atoms with Crippen LogP contribution in [-0.4, -0.2) is 0 Å². The van der Waals surface area contributed by atoms with Crippen molar-refractivity contribution in [2.75, 3.05) is 0 Å². The molecule has 0 nitrogen and oxygen atoms in total. The van der Waals surface area contributed by atoms with Crippen LogP contribution in [0.3, 0.4) is 0 Å². The molecule has 0 aromatic carbocycles. The molecule has 1 heteroatoms. The summed E-state index contributed by atoms with van der Waals surface area (Å²) in [5, 5.41) is 0. The van der Waals surface area contributed by atoms with Gasteiger partial charge in [-0.15, -0.1) is 26.7 Å². The van der Waals surface area contributed by atoms with E-state index in [0.717, 1.165) is 0 Å². The summed E-state index contributed by atoms with van der Waals surface area (Å²) < 4.78 is 0. The first kappa shape index (κ1) is 23.2. The molecule has 0 aromatic heterocycles. The van der Waals surface area contributed by atoms with Crippen LogP contribution >= 0.6 is 0 Å². The van der Waals surface area contributed by atoms with Crippen LogP contribution in [0.2, 0.25) is 0 Å². The summed E-state index contributed by atoms with van der Waals surface area (Å²) in [6, 6.07) is 0. The Bertz CT molecular complexity index is 259. The fourth-order valence-electron chi connectivity index (χ4n) is 2.45. The van der Waals surface area contributed by atoms with Gasteiger partial charge in [0.2, 0.25) is 0 Å². The van der Waals surface area contributed by atoms with E-state index in [2.05, 4.69) is 12.2 Å². The molecule has 0 atom stereocenters. The summed E-state index contributed by atoms with van der Waals surface area (Å²) in [4.78, 5) is 0. The molecule has 0 bridgehead atoms. The third-order valence-electron chi connectivity index (χ3n) is 3.68. The Morgan fingerprint density at radius 1 is 0.522 bits per heavy atom. The summed E-state index contributed by atoms with van der Waals surface area (Å²) >= 11 is 0. The zero-order valence-electron chi connectivity index (χ0n) is 14.5. The Labute approximate surface area is 161 Å². The van der Waals surface area contributed by atoms with E-state index in [1.54, 1.807) is 0 Å². The second kappa shape index (κ2) is 17.0. The Kier molecular flexibility index (Phi) is 17.2. The van der Waals surface area contributed by atoms with E-state index >= 15 is 0 Å². The van der Waals surface area contributed by atoms with Crippen molar-refractivity contribution in [2.24, 2.45) is 0 Å². The maximum absolute atomic E-state index is 3.29.